The van der Waals surface area contributed by atoms with E-state index in [0.717, 1.165) is 34.9 Å². The second-order valence-corrected chi connectivity index (χ2v) is 5.62. The van der Waals surface area contributed by atoms with Gasteiger partial charge < -0.3 is 0 Å². The molecule has 0 radical (unpaired) electrons. The molecule has 110 valence electrons. The van der Waals surface area contributed by atoms with Gasteiger partial charge >= 0.3 is 0 Å². The molecule has 0 N–H and O–H groups in total. The van der Waals surface area contributed by atoms with Gasteiger partial charge in [-0.1, -0.05) is 48.6 Å². The number of benzene rings is 2. The van der Waals surface area contributed by atoms with Crippen molar-refractivity contribution in [2.24, 2.45) is 0 Å². The number of hydrogen-bond acceptors (Lipinski definition) is 2. The molecule has 3 rings (SSSR count). The third-order valence-electron chi connectivity index (χ3n) is 4.14. The second kappa shape index (κ2) is 6.34. The molecule has 0 spiro atoms. The molecule has 1 aliphatic rings. The SMILES string of the molecule is Cc1cccc2cc(C(C3=CCCC=C3)=C(C#N)C#N)ccc12. The summed E-state index contributed by atoms with van der Waals surface area (Å²) in [5.41, 5.74) is 3.99. The number of nitrogens with zero attached hydrogens (tertiary/aromatic N) is 2. The van der Waals surface area contributed by atoms with E-state index in [9.17, 15) is 10.5 Å². The van der Waals surface area contributed by atoms with Crippen LogP contribution in [0.2, 0.25) is 0 Å². The number of allylic oxidation sites excluding steroid dienone is 6. The Balaban J connectivity index is 2.25. The number of fused-ring (bicyclic) bond motifs is 1. The maximum Gasteiger partial charge on any atom is 0.138 e. The van der Waals surface area contributed by atoms with Crippen LogP contribution in [0.1, 0.15) is 24.0 Å². The van der Waals surface area contributed by atoms with E-state index < -0.39 is 0 Å². The summed E-state index contributed by atoms with van der Waals surface area (Å²) in [6, 6.07) is 16.4. The lowest BCUT2D eigenvalue weighted by Gasteiger charge is -2.14. The van der Waals surface area contributed by atoms with Crippen LogP contribution in [0.4, 0.5) is 0 Å². The predicted octanol–water partition coefficient (Wildman–Crippen LogP) is 5.23. The molecule has 2 heteroatoms. The molecular weight excluding hydrogens is 280 g/mol. The molecule has 0 amide bonds. The first-order chi connectivity index (χ1) is 11.2. The summed E-state index contributed by atoms with van der Waals surface area (Å²) in [7, 11) is 0. The highest BCUT2D eigenvalue weighted by molar-refractivity contribution is 5.94. The Kier molecular flexibility index (Phi) is 4.09. The molecule has 2 aromatic rings. The molecule has 1 aliphatic carbocycles. The van der Waals surface area contributed by atoms with Gasteiger partial charge in [-0.05, 0) is 53.3 Å². The fourth-order valence-electron chi connectivity index (χ4n) is 2.99. The Labute approximate surface area is 136 Å². The molecule has 23 heavy (non-hydrogen) atoms. The van der Waals surface area contributed by atoms with E-state index in [0.29, 0.717) is 0 Å². The molecule has 0 aromatic heterocycles. The summed E-state index contributed by atoms with van der Waals surface area (Å²) >= 11 is 0. The Bertz CT molecular complexity index is 928. The smallest absolute Gasteiger partial charge is 0.138 e. The first-order valence-corrected chi connectivity index (χ1v) is 7.66. The fraction of sp³-hybridized carbons (Fsp3) is 0.143. The van der Waals surface area contributed by atoms with Gasteiger partial charge in [0, 0.05) is 5.57 Å². The van der Waals surface area contributed by atoms with Gasteiger partial charge in [0.2, 0.25) is 0 Å². The maximum absolute atomic E-state index is 9.36. The van der Waals surface area contributed by atoms with Gasteiger partial charge in [-0.2, -0.15) is 10.5 Å². The molecule has 0 fully saturated rings. The summed E-state index contributed by atoms with van der Waals surface area (Å²) in [5, 5.41) is 21.0. The van der Waals surface area contributed by atoms with Crippen molar-refractivity contribution in [3.63, 3.8) is 0 Å². The van der Waals surface area contributed by atoms with E-state index in [4.69, 9.17) is 0 Å². The van der Waals surface area contributed by atoms with Crippen LogP contribution in [0.25, 0.3) is 16.3 Å². The summed E-state index contributed by atoms with van der Waals surface area (Å²) in [5.74, 6) is 0. The molecule has 0 saturated carbocycles. The quantitative estimate of drug-likeness (QED) is 0.713. The van der Waals surface area contributed by atoms with Crippen LogP contribution < -0.4 is 0 Å². The highest BCUT2D eigenvalue weighted by Gasteiger charge is 2.14. The zero-order chi connectivity index (χ0) is 16.2. The maximum atomic E-state index is 9.36. The Morgan fingerprint density at radius 3 is 2.57 bits per heavy atom. The van der Waals surface area contributed by atoms with Gasteiger partial charge in [0.25, 0.3) is 0 Å². The van der Waals surface area contributed by atoms with E-state index in [-0.39, 0.29) is 5.57 Å². The van der Waals surface area contributed by atoms with Crippen molar-refractivity contribution in [1.82, 2.24) is 0 Å². The van der Waals surface area contributed by atoms with Crippen LogP contribution in [-0.2, 0) is 0 Å². The molecule has 0 heterocycles. The zero-order valence-corrected chi connectivity index (χ0v) is 13.0. The summed E-state index contributed by atoms with van der Waals surface area (Å²) in [4.78, 5) is 0. The summed E-state index contributed by atoms with van der Waals surface area (Å²) in [6.07, 6.45) is 8.14. The molecule has 0 aliphatic heterocycles. The highest BCUT2D eigenvalue weighted by atomic mass is 14.3. The number of aryl methyl sites for hydroxylation is 1. The average molecular weight is 296 g/mol. The van der Waals surface area contributed by atoms with E-state index in [1.54, 1.807) is 0 Å². The number of hydrogen-bond donors (Lipinski definition) is 0. The molecule has 2 nitrogen and oxygen atoms in total. The van der Waals surface area contributed by atoms with Crippen LogP contribution in [0.3, 0.4) is 0 Å². The summed E-state index contributed by atoms with van der Waals surface area (Å²) < 4.78 is 0. The molecule has 0 unspecified atom stereocenters. The van der Waals surface area contributed by atoms with Gasteiger partial charge in [0.15, 0.2) is 0 Å². The van der Waals surface area contributed by atoms with E-state index >= 15 is 0 Å². The molecule has 2 aromatic carbocycles. The van der Waals surface area contributed by atoms with Crippen LogP contribution in [0, 0.1) is 29.6 Å². The largest absolute Gasteiger partial charge is 0.192 e. The fourth-order valence-corrected chi connectivity index (χ4v) is 2.99. The standard InChI is InChI=1S/C21H16N2/c1-15-6-5-9-17-12-18(10-11-20(15)17)21(19(13-22)14-23)16-7-3-2-4-8-16/h3,5-12H,2,4H2,1H3. The average Bonchev–Trinajstić information content (AvgIpc) is 2.60. The van der Waals surface area contributed by atoms with Crippen molar-refractivity contribution >= 4 is 16.3 Å². The van der Waals surface area contributed by atoms with Crippen molar-refractivity contribution in [2.75, 3.05) is 0 Å². The Hall–Kier alpha value is -3.10. The van der Waals surface area contributed by atoms with Crippen molar-refractivity contribution in [3.05, 3.63) is 76.9 Å². The van der Waals surface area contributed by atoms with Gasteiger partial charge in [-0.15, -0.1) is 0 Å². The molecule has 0 bridgehead atoms. The Morgan fingerprint density at radius 2 is 1.87 bits per heavy atom. The van der Waals surface area contributed by atoms with Crippen LogP contribution in [0.15, 0.2) is 65.8 Å². The van der Waals surface area contributed by atoms with Gasteiger partial charge in [-0.25, -0.2) is 0 Å². The Morgan fingerprint density at radius 1 is 1.04 bits per heavy atom. The predicted molar refractivity (Wildman–Crippen MR) is 93.3 cm³/mol. The van der Waals surface area contributed by atoms with E-state index in [1.165, 1.54) is 10.9 Å². The number of nitriles is 2. The lowest BCUT2D eigenvalue weighted by molar-refractivity contribution is 1.03. The van der Waals surface area contributed by atoms with Crippen molar-refractivity contribution in [2.45, 2.75) is 19.8 Å². The minimum Gasteiger partial charge on any atom is -0.192 e. The van der Waals surface area contributed by atoms with Crippen molar-refractivity contribution < 1.29 is 0 Å². The van der Waals surface area contributed by atoms with Crippen LogP contribution in [0.5, 0.6) is 0 Å². The van der Waals surface area contributed by atoms with Gasteiger partial charge in [-0.3, -0.25) is 0 Å². The molecule has 0 atom stereocenters. The van der Waals surface area contributed by atoms with Gasteiger partial charge in [0.05, 0.1) is 0 Å². The highest BCUT2D eigenvalue weighted by Crippen LogP contribution is 2.32. The van der Waals surface area contributed by atoms with Crippen LogP contribution in [-0.4, -0.2) is 0 Å². The van der Waals surface area contributed by atoms with Crippen LogP contribution >= 0.6 is 0 Å². The van der Waals surface area contributed by atoms with E-state index in [1.807, 2.05) is 18.2 Å². The monoisotopic (exact) mass is 296 g/mol. The second-order valence-electron chi connectivity index (χ2n) is 5.62. The normalized spacial score (nSPS) is 13.1. The first-order valence-electron chi connectivity index (χ1n) is 7.66. The molecule has 0 saturated heterocycles. The van der Waals surface area contributed by atoms with Crippen molar-refractivity contribution in [1.29, 1.82) is 10.5 Å². The van der Waals surface area contributed by atoms with E-state index in [2.05, 4.69) is 55.5 Å². The van der Waals surface area contributed by atoms with Gasteiger partial charge in [0.1, 0.15) is 17.7 Å². The lowest BCUT2D eigenvalue weighted by atomic mass is 9.89. The third-order valence-corrected chi connectivity index (χ3v) is 4.14. The molecular formula is C21H16N2. The minimum absolute atomic E-state index is 0.162. The first kappa shape index (κ1) is 14.8. The zero-order valence-electron chi connectivity index (χ0n) is 13.0. The minimum atomic E-state index is 0.162. The number of rotatable bonds is 2. The third kappa shape index (κ3) is 2.80. The topological polar surface area (TPSA) is 47.6 Å². The van der Waals surface area contributed by atoms with Crippen molar-refractivity contribution in [3.8, 4) is 12.1 Å². The summed E-state index contributed by atoms with van der Waals surface area (Å²) in [6.45, 7) is 2.08. The lowest BCUT2D eigenvalue weighted by Crippen LogP contribution is -1.95.